The summed E-state index contributed by atoms with van der Waals surface area (Å²) < 4.78 is 54.0. The molecular formula is C20H19F2N3O4S. The van der Waals surface area contributed by atoms with E-state index in [1.165, 1.54) is 12.1 Å². The summed E-state index contributed by atoms with van der Waals surface area (Å²) in [5, 5.41) is 5.96. The molecule has 1 N–H and O–H groups in total. The Kier molecular flexibility index (Phi) is 6.88. The lowest BCUT2D eigenvalue weighted by Gasteiger charge is -2.07. The van der Waals surface area contributed by atoms with Gasteiger partial charge in [0.2, 0.25) is 11.7 Å². The van der Waals surface area contributed by atoms with Gasteiger partial charge in [-0.05, 0) is 30.5 Å². The zero-order valence-electron chi connectivity index (χ0n) is 15.8. The molecule has 0 bridgehead atoms. The fourth-order valence-corrected chi connectivity index (χ4v) is 3.99. The van der Waals surface area contributed by atoms with Crippen molar-refractivity contribution in [2.75, 3.05) is 16.8 Å². The number of aryl methyl sites for hydroxylation is 1. The van der Waals surface area contributed by atoms with E-state index in [-0.39, 0.29) is 11.6 Å². The first-order valence-electron chi connectivity index (χ1n) is 9.09. The van der Waals surface area contributed by atoms with Crippen LogP contribution >= 0.6 is 0 Å². The number of rotatable bonds is 9. The van der Waals surface area contributed by atoms with Crippen LogP contribution in [-0.4, -0.2) is 36.0 Å². The van der Waals surface area contributed by atoms with E-state index < -0.39 is 33.8 Å². The van der Waals surface area contributed by atoms with Crippen LogP contribution < -0.4 is 5.32 Å². The Balaban J connectivity index is 1.56. The van der Waals surface area contributed by atoms with Gasteiger partial charge in [0.25, 0.3) is 5.89 Å². The van der Waals surface area contributed by atoms with Crippen LogP contribution in [0.25, 0.3) is 11.4 Å². The number of carbonyl (C=O) groups excluding carboxylic acids is 1. The minimum Gasteiger partial charge on any atom is -0.333 e. The molecule has 0 aliphatic rings. The third kappa shape index (κ3) is 6.18. The first-order valence-corrected chi connectivity index (χ1v) is 10.9. The third-order valence-corrected chi connectivity index (χ3v) is 5.76. The Morgan fingerprint density at radius 3 is 2.57 bits per heavy atom. The number of anilines is 1. The number of hydrogen-bond acceptors (Lipinski definition) is 6. The molecule has 3 aromatic rings. The molecule has 2 aromatic carbocycles. The van der Waals surface area contributed by atoms with Gasteiger partial charge in [0.15, 0.2) is 9.84 Å². The van der Waals surface area contributed by atoms with Crippen molar-refractivity contribution in [1.29, 1.82) is 0 Å². The molecule has 0 spiro atoms. The molecule has 7 nitrogen and oxygen atoms in total. The number of nitrogens with zero attached hydrogens (tertiary/aromatic N) is 2. The molecule has 0 atom stereocenters. The summed E-state index contributed by atoms with van der Waals surface area (Å²) in [4.78, 5) is 15.7. The van der Waals surface area contributed by atoms with Crippen LogP contribution in [0, 0.1) is 0 Å². The van der Waals surface area contributed by atoms with E-state index in [0.717, 1.165) is 5.56 Å². The van der Waals surface area contributed by atoms with E-state index in [1.807, 2.05) is 30.3 Å². The first kappa shape index (κ1) is 21.6. The fourth-order valence-electron chi connectivity index (χ4n) is 2.79. The zero-order valence-corrected chi connectivity index (χ0v) is 16.6. The molecule has 1 aromatic heterocycles. The molecule has 0 saturated heterocycles. The second-order valence-electron chi connectivity index (χ2n) is 6.57. The molecule has 0 aliphatic carbocycles. The van der Waals surface area contributed by atoms with E-state index in [4.69, 9.17) is 0 Å². The molecule has 158 valence electrons. The minimum absolute atomic E-state index is 0.0602. The first-order chi connectivity index (χ1) is 14.3. The van der Waals surface area contributed by atoms with Crippen molar-refractivity contribution >= 4 is 21.4 Å². The predicted molar refractivity (Wildman–Crippen MR) is 107 cm³/mol. The summed E-state index contributed by atoms with van der Waals surface area (Å²) in [7, 11) is -3.57. The largest absolute Gasteiger partial charge is 0.333 e. The van der Waals surface area contributed by atoms with Gasteiger partial charge in [0.05, 0.1) is 5.75 Å². The standard InChI is InChI=1S/C20H19F2N3O4S/c21-18(22)20-24-19(25-29-20)15-9-4-10-16(12-15)23-17(26)13-30(27,28)11-5-8-14-6-2-1-3-7-14/h1-4,6-7,9-10,12,18H,5,8,11,13H2,(H,23,26). The van der Waals surface area contributed by atoms with Crippen LogP contribution in [-0.2, 0) is 21.1 Å². The van der Waals surface area contributed by atoms with E-state index >= 15 is 0 Å². The summed E-state index contributed by atoms with van der Waals surface area (Å²) in [6.45, 7) is 0. The van der Waals surface area contributed by atoms with Crippen molar-refractivity contribution in [3.63, 3.8) is 0 Å². The van der Waals surface area contributed by atoms with Crippen LogP contribution in [0.15, 0.2) is 59.1 Å². The number of amides is 1. The quantitative estimate of drug-likeness (QED) is 0.550. The lowest BCUT2D eigenvalue weighted by atomic mass is 10.1. The number of sulfone groups is 1. The molecular weight excluding hydrogens is 416 g/mol. The van der Waals surface area contributed by atoms with Crippen molar-refractivity contribution in [3.8, 4) is 11.4 Å². The van der Waals surface area contributed by atoms with Crippen molar-refractivity contribution in [2.45, 2.75) is 19.3 Å². The van der Waals surface area contributed by atoms with Crippen molar-refractivity contribution in [3.05, 3.63) is 66.1 Å². The zero-order chi connectivity index (χ0) is 21.6. The van der Waals surface area contributed by atoms with Crippen LogP contribution in [0.1, 0.15) is 24.3 Å². The SMILES string of the molecule is O=C(CS(=O)(=O)CCCc1ccccc1)Nc1cccc(-c2noc(C(F)F)n2)c1. The number of halogens is 2. The monoisotopic (exact) mass is 435 g/mol. The van der Waals surface area contributed by atoms with Gasteiger partial charge in [-0.15, -0.1) is 0 Å². The summed E-state index contributed by atoms with van der Waals surface area (Å²) in [6, 6.07) is 15.6. The average molecular weight is 435 g/mol. The molecule has 3 rings (SSSR count). The smallest absolute Gasteiger partial charge is 0.315 e. The minimum atomic E-state index is -3.57. The number of benzene rings is 2. The Bertz CT molecular complexity index is 1100. The van der Waals surface area contributed by atoms with Gasteiger partial charge in [0.1, 0.15) is 5.75 Å². The van der Waals surface area contributed by atoms with Crippen molar-refractivity contribution in [2.24, 2.45) is 0 Å². The fraction of sp³-hybridized carbons (Fsp3) is 0.250. The summed E-state index contributed by atoms with van der Waals surface area (Å²) in [5.41, 5.74) is 1.67. The summed E-state index contributed by atoms with van der Waals surface area (Å²) in [5.74, 6) is -2.30. The van der Waals surface area contributed by atoms with Gasteiger partial charge in [-0.25, -0.2) is 8.42 Å². The van der Waals surface area contributed by atoms with Crippen LogP contribution in [0.3, 0.4) is 0 Å². The lowest BCUT2D eigenvalue weighted by Crippen LogP contribution is -2.25. The maximum Gasteiger partial charge on any atom is 0.315 e. The normalized spacial score (nSPS) is 11.6. The number of hydrogen-bond donors (Lipinski definition) is 1. The Morgan fingerprint density at radius 2 is 1.87 bits per heavy atom. The second-order valence-corrected chi connectivity index (χ2v) is 8.75. The highest BCUT2D eigenvalue weighted by Gasteiger charge is 2.19. The molecule has 10 heteroatoms. The van der Waals surface area contributed by atoms with Crippen LogP contribution in [0.5, 0.6) is 0 Å². The van der Waals surface area contributed by atoms with E-state index in [2.05, 4.69) is 20.0 Å². The molecule has 1 amide bonds. The van der Waals surface area contributed by atoms with Gasteiger partial charge in [-0.2, -0.15) is 13.8 Å². The highest BCUT2D eigenvalue weighted by atomic mass is 32.2. The topological polar surface area (TPSA) is 102 Å². The highest BCUT2D eigenvalue weighted by molar-refractivity contribution is 7.92. The molecule has 0 radical (unpaired) electrons. The molecule has 30 heavy (non-hydrogen) atoms. The van der Waals surface area contributed by atoms with Gasteiger partial charge < -0.3 is 9.84 Å². The Morgan fingerprint density at radius 1 is 1.10 bits per heavy atom. The maximum atomic E-state index is 12.6. The van der Waals surface area contributed by atoms with Gasteiger partial charge in [0, 0.05) is 11.3 Å². The molecule has 0 fully saturated rings. The molecule has 0 aliphatic heterocycles. The predicted octanol–water partition coefficient (Wildman–Crippen LogP) is 3.66. The molecule has 0 saturated carbocycles. The summed E-state index contributed by atoms with van der Waals surface area (Å²) >= 11 is 0. The van der Waals surface area contributed by atoms with Crippen LogP contribution in [0.4, 0.5) is 14.5 Å². The van der Waals surface area contributed by atoms with Gasteiger partial charge >= 0.3 is 6.43 Å². The molecule has 1 heterocycles. The van der Waals surface area contributed by atoms with Gasteiger partial charge in [-0.3, -0.25) is 4.79 Å². The number of nitrogens with one attached hydrogen (secondary N) is 1. The number of aromatic nitrogens is 2. The molecule has 0 unspecified atom stereocenters. The Hall–Kier alpha value is -3.14. The second kappa shape index (κ2) is 9.57. The third-order valence-electron chi connectivity index (χ3n) is 4.15. The summed E-state index contributed by atoms with van der Waals surface area (Å²) in [6.07, 6.45) is -1.87. The van der Waals surface area contributed by atoms with E-state index in [0.29, 0.717) is 24.1 Å². The highest BCUT2D eigenvalue weighted by Crippen LogP contribution is 2.23. The average Bonchev–Trinajstić information content (AvgIpc) is 3.19. The number of alkyl halides is 2. The maximum absolute atomic E-state index is 12.6. The van der Waals surface area contributed by atoms with E-state index in [1.54, 1.807) is 12.1 Å². The van der Waals surface area contributed by atoms with Crippen LogP contribution in [0.2, 0.25) is 0 Å². The Labute approximate surface area is 172 Å². The number of carbonyl (C=O) groups is 1. The van der Waals surface area contributed by atoms with E-state index in [9.17, 15) is 22.0 Å². The van der Waals surface area contributed by atoms with Crippen molar-refractivity contribution < 1.29 is 26.5 Å². The van der Waals surface area contributed by atoms with Gasteiger partial charge in [-0.1, -0.05) is 47.6 Å². The lowest BCUT2D eigenvalue weighted by molar-refractivity contribution is -0.113. The van der Waals surface area contributed by atoms with Crippen molar-refractivity contribution in [1.82, 2.24) is 10.1 Å².